The number of nitrogens with one attached hydrogen (secondary N) is 1. The molecule has 4 aromatic heterocycles. The molecule has 1 N–H and O–H groups in total. The van der Waals surface area contributed by atoms with E-state index in [1.165, 1.54) is 28.1 Å². The van der Waals surface area contributed by atoms with E-state index in [1.807, 2.05) is 41.9 Å². The molecule has 1 aromatic carbocycles. The molecular weight excluding hydrogens is 402 g/mol. The van der Waals surface area contributed by atoms with Crippen LogP contribution in [0.15, 0.2) is 61.1 Å². The van der Waals surface area contributed by atoms with Gasteiger partial charge < -0.3 is 5.32 Å². The van der Waals surface area contributed by atoms with E-state index < -0.39 is 0 Å². The molecule has 1 saturated carbocycles. The number of benzene rings is 1. The number of hydrogen-bond donors (Lipinski definition) is 1. The predicted octanol–water partition coefficient (Wildman–Crippen LogP) is 6.48. The van der Waals surface area contributed by atoms with E-state index in [0.29, 0.717) is 5.92 Å². The third-order valence-electron chi connectivity index (χ3n) is 5.74. The number of nitrogens with zero attached hydrogens (tertiary/aromatic N) is 4. The molecule has 0 aliphatic heterocycles. The van der Waals surface area contributed by atoms with Crippen LogP contribution in [0.25, 0.3) is 32.4 Å². The molecule has 5 nitrogen and oxygen atoms in total. The first kappa shape index (κ1) is 18.4. The smallest absolute Gasteiger partial charge is 0.140 e. The minimum absolute atomic E-state index is 0.675. The molecule has 6 heteroatoms. The summed E-state index contributed by atoms with van der Waals surface area (Å²) < 4.78 is 1.22. The summed E-state index contributed by atoms with van der Waals surface area (Å²) in [5, 5.41) is 5.93. The number of aryl methyl sites for hydroxylation is 1. The number of rotatable bonds is 5. The maximum Gasteiger partial charge on any atom is 0.140 e. The summed E-state index contributed by atoms with van der Waals surface area (Å²) in [5.74, 6) is 1.50. The standard InChI is InChI=1S/C25H21N5S/c1-2-15-9-11-27-21-13-20(17-4-3-10-26-14-17)29-24(23(15)21)28-18-7-8-19-22(12-18)31-25(30-19)16-5-6-16/h3-4,7-14,16H,2,5-6H2,1H3,(H,28,29). The summed E-state index contributed by atoms with van der Waals surface area (Å²) >= 11 is 1.81. The van der Waals surface area contributed by atoms with Crippen LogP contribution in [-0.2, 0) is 6.42 Å². The predicted molar refractivity (Wildman–Crippen MR) is 127 cm³/mol. The molecule has 0 saturated heterocycles. The molecule has 0 unspecified atom stereocenters. The zero-order valence-corrected chi connectivity index (χ0v) is 18.0. The van der Waals surface area contributed by atoms with Gasteiger partial charge in [-0.1, -0.05) is 6.92 Å². The van der Waals surface area contributed by atoms with Crippen molar-refractivity contribution in [3.63, 3.8) is 0 Å². The van der Waals surface area contributed by atoms with Gasteiger partial charge in [-0.15, -0.1) is 11.3 Å². The van der Waals surface area contributed by atoms with E-state index in [1.54, 1.807) is 6.20 Å². The Morgan fingerprint density at radius 3 is 2.77 bits per heavy atom. The fourth-order valence-corrected chi connectivity index (χ4v) is 5.13. The van der Waals surface area contributed by atoms with E-state index in [9.17, 15) is 0 Å². The highest BCUT2D eigenvalue weighted by Gasteiger charge is 2.27. The van der Waals surface area contributed by atoms with Gasteiger partial charge in [0.05, 0.1) is 26.4 Å². The highest BCUT2D eigenvalue weighted by atomic mass is 32.1. The molecule has 1 aliphatic carbocycles. The van der Waals surface area contributed by atoms with Gasteiger partial charge in [-0.05, 0) is 67.3 Å². The molecular formula is C25H21N5S. The number of fused-ring (bicyclic) bond motifs is 2. The van der Waals surface area contributed by atoms with Gasteiger partial charge in [0.15, 0.2) is 0 Å². The van der Waals surface area contributed by atoms with Gasteiger partial charge in [-0.3, -0.25) is 9.97 Å². The Labute approximate surface area is 184 Å². The maximum atomic E-state index is 5.00. The fraction of sp³-hybridized carbons (Fsp3) is 0.200. The SMILES string of the molecule is CCc1ccnc2cc(-c3cccnc3)nc(Nc3ccc4nc(C5CC5)sc4c3)c12. The highest BCUT2D eigenvalue weighted by Crippen LogP contribution is 2.43. The maximum absolute atomic E-state index is 5.00. The van der Waals surface area contributed by atoms with Gasteiger partial charge in [-0.25, -0.2) is 9.97 Å². The first-order valence-corrected chi connectivity index (χ1v) is 11.5. The summed E-state index contributed by atoms with van der Waals surface area (Å²) in [6.07, 6.45) is 8.95. The van der Waals surface area contributed by atoms with Gasteiger partial charge in [0.2, 0.25) is 0 Å². The van der Waals surface area contributed by atoms with Crippen LogP contribution in [0.4, 0.5) is 11.5 Å². The minimum atomic E-state index is 0.675. The fourth-order valence-electron chi connectivity index (χ4n) is 3.95. The Hall–Kier alpha value is -3.38. The van der Waals surface area contributed by atoms with E-state index >= 15 is 0 Å². The Balaban J connectivity index is 1.48. The summed E-state index contributed by atoms with van der Waals surface area (Å²) in [6.45, 7) is 2.16. The first-order chi connectivity index (χ1) is 15.3. The lowest BCUT2D eigenvalue weighted by Gasteiger charge is -2.14. The molecule has 31 heavy (non-hydrogen) atoms. The minimum Gasteiger partial charge on any atom is -0.340 e. The average molecular weight is 424 g/mol. The molecule has 152 valence electrons. The molecule has 1 fully saturated rings. The van der Waals surface area contributed by atoms with Crippen molar-refractivity contribution in [1.29, 1.82) is 0 Å². The Morgan fingerprint density at radius 2 is 1.97 bits per heavy atom. The number of aromatic nitrogens is 4. The number of hydrogen-bond acceptors (Lipinski definition) is 6. The van der Waals surface area contributed by atoms with Crippen LogP contribution in [-0.4, -0.2) is 19.9 Å². The van der Waals surface area contributed by atoms with Crippen molar-refractivity contribution in [2.75, 3.05) is 5.32 Å². The molecule has 0 amide bonds. The number of anilines is 2. The molecule has 0 atom stereocenters. The quantitative estimate of drug-likeness (QED) is 0.350. The van der Waals surface area contributed by atoms with Crippen LogP contribution in [0.2, 0.25) is 0 Å². The second-order valence-corrected chi connectivity index (χ2v) is 9.01. The zero-order chi connectivity index (χ0) is 20.8. The largest absolute Gasteiger partial charge is 0.340 e. The van der Waals surface area contributed by atoms with Crippen molar-refractivity contribution in [2.24, 2.45) is 0 Å². The van der Waals surface area contributed by atoms with Crippen LogP contribution in [0.5, 0.6) is 0 Å². The van der Waals surface area contributed by atoms with Crippen LogP contribution in [0, 0.1) is 0 Å². The number of pyridine rings is 3. The molecule has 1 aliphatic rings. The van der Waals surface area contributed by atoms with Crippen molar-refractivity contribution in [2.45, 2.75) is 32.1 Å². The van der Waals surface area contributed by atoms with E-state index in [0.717, 1.165) is 45.6 Å². The average Bonchev–Trinajstić information content (AvgIpc) is 3.58. The van der Waals surface area contributed by atoms with E-state index in [-0.39, 0.29) is 0 Å². The second-order valence-electron chi connectivity index (χ2n) is 7.95. The van der Waals surface area contributed by atoms with E-state index in [4.69, 9.17) is 9.97 Å². The van der Waals surface area contributed by atoms with Crippen molar-refractivity contribution in [1.82, 2.24) is 19.9 Å². The number of thiazole rings is 1. The molecule has 6 rings (SSSR count). The van der Waals surface area contributed by atoms with Crippen molar-refractivity contribution in [3.8, 4) is 11.3 Å². The molecule has 4 heterocycles. The van der Waals surface area contributed by atoms with Crippen LogP contribution in [0.3, 0.4) is 0 Å². The lowest BCUT2D eigenvalue weighted by molar-refractivity contribution is 1.10. The lowest BCUT2D eigenvalue weighted by Crippen LogP contribution is -2.00. The van der Waals surface area contributed by atoms with Gasteiger partial charge in [0.25, 0.3) is 0 Å². The summed E-state index contributed by atoms with van der Waals surface area (Å²) in [7, 11) is 0. The van der Waals surface area contributed by atoms with Crippen LogP contribution in [0.1, 0.15) is 36.3 Å². The van der Waals surface area contributed by atoms with Gasteiger partial charge in [0, 0.05) is 41.1 Å². The molecule has 5 aromatic rings. The van der Waals surface area contributed by atoms with Crippen LogP contribution < -0.4 is 5.32 Å². The Kier molecular flexibility index (Phi) is 4.39. The normalized spacial score (nSPS) is 13.7. The first-order valence-electron chi connectivity index (χ1n) is 10.6. The summed E-state index contributed by atoms with van der Waals surface area (Å²) in [4.78, 5) is 18.7. The van der Waals surface area contributed by atoms with E-state index in [2.05, 4.69) is 46.5 Å². The van der Waals surface area contributed by atoms with Crippen molar-refractivity contribution < 1.29 is 0 Å². The molecule has 0 spiro atoms. The third-order valence-corrected chi connectivity index (χ3v) is 6.92. The van der Waals surface area contributed by atoms with Gasteiger partial charge in [0.1, 0.15) is 5.82 Å². The van der Waals surface area contributed by atoms with Crippen molar-refractivity contribution in [3.05, 3.63) is 71.6 Å². The Morgan fingerprint density at radius 1 is 1.03 bits per heavy atom. The second kappa shape index (κ2) is 7.39. The van der Waals surface area contributed by atoms with Crippen LogP contribution >= 0.6 is 11.3 Å². The lowest BCUT2D eigenvalue weighted by atomic mass is 10.1. The zero-order valence-electron chi connectivity index (χ0n) is 17.2. The molecule has 0 radical (unpaired) electrons. The van der Waals surface area contributed by atoms with Gasteiger partial charge in [-0.2, -0.15) is 0 Å². The Bertz CT molecular complexity index is 1410. The van der Waals surface area contributed by atoms with Gasteiger partial charge >= 0.3 is 0 Å². The topological polar surface area (TPSA) is 63.6 Å². The molecule has 0 bridgehead atoms. The van der Waals surface area contributed by atoms with Crippen molar-refractivity contribution >= 4 is 44.0 Å². The highest BCUT2D eigenvalue weighted by molar-refractivity contribution is 7.18. The summed E-state index contributed by atoms with van der Waals surface area (Å²) in [6, 6.07) is 14.5. The third kappa shape index (κ3) is 3.43. The summed E-state index contributed by atoms with van der Waals surface area (Å²) in [5.41, 5.74) is 6.09. The monoisotopic (exact) mass is 423 g/mol.